The molecular formula is C19H22N2O3. The number of rotatable bonds is 4. The number of nitrogens with one attached hydrogen (secondary N) is 2. The lowest BCUT2D eigenvalue weighted by atomic mass is 9.85. The SMILES string of the molecule is O=C1C[C@H](C(=O)NCCc2c[nH]c3ccccc23)C2(CCCC2)O1. The lowest BCUT2D eigenvalue weighted by molar-refractivity contribution is -0.149. The molecule has 2 N–H and O–H groups in total. The maximum atomic E-state index is 12.6. The molecule has 126 valence electrons. The Morgan fingerprint density at radius 1 is 1.29 bits per heavy atom. The van der Waals surface area contributed by atoms with Crippen molar-refractivity contribution in [1.82, 2.24) is 10.3 Å². The fourth-order valence-corrected chi connectivity index (χ4v) is 4.23. The Morgan fingerprint density at radius 2 is 2.08 bits per heavy atom. The Balaban J connectivity index is 1.39. The Labute approximate surface area is 140 Å². The number of H-pyrrole nitrogens is 1. The first-order chi connectivity index (χ1) is 11.7. The fraction of sp³-hybridized carbons (Fsp3) is 0.474. The first kappa shape index (κ1) is 15.2. The zero-order chi connectivity index (χ0) is 16.6. The molecular weight excluding hydrogens is 304 g/mol. The molecule has 2 heterocycles. The molecule has 1 spiro atoms. The Kier molecular flexibility index (Phi) is 3.79. The molecule has 1 aliphatic heterocycles. The van der Waals surface area contributed by atoms with E-state index in [1.54, 1.807) is 0 Å². The average molecular weight is 326 g/mol. The summed E-state index contributed by atoms with van der Waals surface area (Å²) in [5, 5.41) is 4.21. The van der Waals surface area contributed by atoms with Gasteiger partial charge >= 0.3 is 5.97 Å². The van der Waals surface area contributed by atoms with E-state index in [9.17, 15) is 9.59 Å². The topological polar surface area (TPSA) is 71.2 Å². The molecule has 1 aromatic heterocycles. The second-order valence-electron chi connectivity index (χ2n) is 6.90. The molecule has 24 heavy (non-hydrogen) atoms. The van der Waals surface area contributed by atoms with Crippen LogP contribution in [0.25, 0.3) is 10.9 Å². The number of aromatic nitrogens is 1. The van der Waals surface area contributed by atoms with Crippen molar-refractivity contribution in [3.8, 4) is 0 Å². The van der Waals surface area contributed by atoms with Gasteiger partial charge in [-0.05, 0) is 43.7 Å². The van der Waals surface area contributed by atoms with Gasteiger partial charge in [0, 0.05) is 23.6 Å². The normalized spacial score (nSPS) is 22.2. The largest absolute Gasteiger partial charge is 0.458 e. The van der Waals surface area contributed by atoms with Crippen LogP contribution in [0.1, 0.15) is 37.7 Å². The van der Waals surface area contributed by atoms with Crippen molar-refractivity contribution in [3.63, 3.8) is 0 Å². The predicted molar refractivity (Wildman–Crippen MR) is 90.4 cm³/mol. The van der Waals surface area contributed by atoms with Crippen molar-refractivity contribution in [2.75, 3.05) is 6.54 Å². The van der Waals surface area contributed by atoms with E-state index in [-0.39, 0.29) is 24.2 Å². The number of aromatic amines is 1. The monoisotopic (exact) mass is 326 g/mol. The summed E-state index contributed by atoms with van der Waals surface area (Å²) >= 11 is 0. The molecule has 1 aromatic carbocycles. The Morgan fingerprint density at radius 3 is 2.92 bits per heavy atom. The van der Waals surface area contributed by atoms with Gasteiger partial charge < -0.3 is 15.0 Å². The van der Waals surface area contributed by atoms with Crippen LogP contribution in [0, 0.1) is 5.92 Å². The van der Waals surface area contributed by atoms with Crippen LogP contribution in [0.15, 0.2) is 30.5 Å². The third kappa shape index (κ3) is 2.58. The van der Waals surface area contributed by atoms with Crippen molar-refractivity contribution >= 4 is 22.8 Å². The van der Waals surface area contributed by atoms with Gasteiger partial charge in [0.25, 0.3) is 0 Å². The molecule has 0 unspecified atom stereocenters. The molecule has 2 fully saturated rings. The lowest BCUT2D eigenvalue weighted by Gasteiger charge is -2.27. The maximum absolute atomic E-state index is 12.6. The lowest BCUT2D eigenvalue weighted by Crippen LogP contribution is -2.43. The van der Waals surface area contributed by atoms with E-state index in [2.05, 4.69) is 16.4 Å². The zero-order valence-corrected chi connectivity index (χ0v) is 13.6. The summed E-state index contributed by atoms with van der Waals surface area (Å²) in [6, 6.07) is 8.15. The second kappa shape index (κ2) is 5.96. The third-order valence-corrected chi connectivity index (χ3v) is 5.46. The van der Waals surface area contributed by atoms with Crippen LogP contribution >= 0.6 is 0 Å². The number of hydrogen-bond donors (Lipinski definition) is 2. The van der Waals surface area contributed by atoms with Gasteiger partial charge in [0.15, 0.2) is 0 Å². The highest BCUT2D eigenvalue weighted by Gasteiger charge is 2.53. The summed E-state index contributed by atoms with van der Waals surface area (Å²) in [6.45, 7) is 0.571. The minimum Gasteiger partial charge on any atom is -0.458 e. The highest BCUT2D eigenvalue weighted by molar-refractivity contribution is 5.88. The van der Waals surface area contributed by atoms with Gasteiger partial charge in [0.1, 0.15) is 5.60 Å². The molecule has 5 heteroatoms. The zero-order valence-electron chi connectivity index (χ0n) is 13.6. The van der Waals surface area contributed by atoms with E-state index in [0.29, 0.717) is 6.54 Å². The summed E-state index contributed by atoms with van der Waals surface area (Å²) in [5.41, 5.74) is 1.78. The number of hydrogen-bond acceptors (Lipinski definition) is 3. The van der Waals surface area contributed by atoms with E-state index in [1.807, 2.05) is 24.4 Å². The number of carbonyl (C=O) groups is 2. The molecule has 2 aromatic rings. The summed E-state index contributed by atoms with van der Waals surface area (Å²) in [5.74, 6) is -0.591. The van der Waals surface area contributed by atoms with Gasteiger partial charge in [0.05, 0.1) is 12.3 Å². The number of para-hydroxylation sites is 1. The second-order valence-corrected chi connectivity index (χ2v) is 6.90. The van der Waals surface area contributed by atoms with Crippen molar-refractivity contribution in [2.45, 2.75) is 44.1 Å². The molecule has 4 rings (SSSR count). The van der Waals surface area contributed by atoms with Gasteiger partial charge in [-0.1, -0.05) is 18.2 Å². The molecule has 0 bridgehead atoms. The molecule has 1 saturated heterocycles. The van der Waals surface area contributed by atoms with Crippen LogP contribution < -0.4 is 5.32 Å². The van der Waals surface area contributed by atoms with Crippen LogP contribution in [0.2, 0.25) is 0 Å². The van der Waals surface area contributed by atoms with Gasteiger partial charge in [-0.3, -0.25) is 9.59 Å². The summed E-state index contributed by atoms with van der Waals surface area (Å²) in [7, 11) is 0. The van der Waals surface area contributed by atoms with Crippen LogP contribution in [-0.2, 0) is 20.7 Å². The molecule has 1 atom stereocenters. The van der Waals surface area contributed by atoms with Crippen LogP contribution in [-0.4, -0.2) is 29.0 Å². The van der Waals surface area contributed by atoms with Gasteiger partial charge in [-0.25, -0.2) is 0 Å². The van der Waals surface area contributed by atoms with Crippen LogP contribution in [0.3, 0.4) is 0 Å². The minimum atomic E-state index is -0.526. The van der Waals surface area contributed by atoms with Crippen molar-refractivity contribution in [2.24, 2.45) is 5.92 Å². The van der Waals surface area contributed by atoms with Crippen molar-refractivity contribution in [1.29, 1.82) is 0 Å². The first-order valence-corrected chi connectivity index (χ1v) is 8.72. The quantitative estimate of drug-likeness (QED) is 0.849. The van der Waals surface area contributed by atoms with E-state index in [4.69, 9.17) is 4.74 Å². The highest BCUT2D eigenvalue weighted by Crippen LogP contribution is 2.45. The Bertz CT molecular complexity index is 774. The minimum absolute atomic E-state index is 0.0393. The Hall–Kier alpha value is -2.30. The fourth-order valence-electron chi connectivity index (χ4n) is 4.23. The van der Waals surface area contributed by atoms with E-state index in [0.717, 1.165) is 37.6 Å². The number of carbonyl (C=O) groups excluding carboxylic acids is 2. The summed E-state index contributed by atoms with van der Waals surface area (Å²) in [6.07, 6.45) is 6.69. The molecule has 1 saturated carbocycles. The van der Waals surface area contributed by atoms with Crippen molar-refractivity contribution in [3.05, 3.63) is 36.0 Å². The number of esters is 1. The number of amides is 1. The standard InChI is InChI=1S/C19H22N2O3/c22-17-11-15(19(24-17)8-3-4-9-19)18(23)20-10-7-13-12-21-16-6-2-1-5-14(13)16/h1-2,5-6,12,15,21H,3-4,7-11H2,(H,20,23)/t15-/m1/s1. The average Bonchev–Trinajstić information content (AvgIpc) is 3.28. The van der Waals surface area contributed by atoms with E-state index in [1.165, 1.54) is 10.9 Å². The predicted octanol–water partition coefficient (Wildman–Crippen LogP) is 2.70. The van der Waals surface area contributed by atoms with Crippen molar-refractivity contribution < 1.29 is 14.3 Å². The maximum Gasteiger partial charge on any atom is 0.307 e. The molecule has 2 aliphatic rings. The third-order valence-electron chi connectivity index (χ3n) is 5.46. The number of benzene rings is 1. The molecule has 1 aliphatic carbocycles. The van der Waals surface area contributed by atoms with Gasteiger partial charge in [-0.2, -0.15) is 0 Å². The van der Waals surface area contributed by atoms with Gasteiger partial charge in [0.2, 0.25) is 5.91 Å². The highest BCUT2D eigenvalue weighted by atomic mass is 16.6. The van der Waals surface area contributed by atoms with E-state index >= 15 is 0 Å². The summed E-state index contributed by atoms with van der Waals surface area (Å²) in [4.78, 5) is 27.6. The van der Waals surface area contributed by atoms with Crippen LogP contribution in [0.5, 0.6) is 0 Å². The molecule has 5 nitrogen and oxygen atoms in total. The van der Waals surface area contributed by atoms with Gasteiger partial charge in [-0.15, -0.1) is 0 Å². The number of fused-ring (bicyclic) bond motifs is 1. The van der Waals surface area contributed by atoms with Crippen LogP contribution in [0.4, 0.5) is 0 Å². The van der Waals surface area contributed by atoms with E-state index < -0.39 is 5.60 Å². The first-order valence-electron chi connectivity index (χ1n) is 8.72. The molecule has 0 radical (unpaired) electrons. The smallest absolute Gasteiger partial charge is 0.307 e. The number of ether oxygens (including phenoxy) is 1. The molecule has 1 amide bonds. The summed E-state index contributed by atoms with van der Waals surface area (Å²) < 4.78 is 5.55.